The Hall–Kier alpha value is -0.320. The first-order chi connectivity index (χ1) is 7.77. The zero-order valence-corrected chi connectivity index (χ0v) is 11.5. The first-order valence-electron chi connectivity index (χ1n) is 6.33. The molecule has 0 radical (unpaired) electrons. The van der Waals surface area contributed by atoms with Crippen molar-refractivity contribution in [3.63, 3.8) is 0 Å². The van der Waals surface area contributed by atoms with Crippen LogP contribution in [0.4, 0.5) is 0 Å². The number of rotatable bonds is 6. The lowest BCUT2D eigenvalue weighted by atomic mass is 9.95. The van der Waals surface area contributed by atoms with Gasteiger partial charge in [0.15, 0.2) is 0 Å². The Kier molecular flexibility index (Phi) is 9.50. The molecule has 1 rings (SSSR count). The Morgan fingerprint density at radius 1 is 1.53 bits per heavy atom. The van der Waals surface area contributed by atoms with Gasteiger partial charge >= 0.3 is 0 Å². The number of ether oxygens (including phenoxy) is 1. The SMILES string of the molecule is CCCOCC(=O)N1CCCC(CCN)C1.Cl. The lowest BCUT2D eigenvalue weighted by Crippen LogP contribution is -2.42. The van der Waals surface area contributed by atoms with Gasteiger partial charge in [-0.3, -0.25) is 4.79 Å². The Morgan fingerprint density at radius 3 is 2.94 bits per heavy atom. The second-order valence-electron chi connectivity index (χ2n) is 4.48. The summed E-state index contributed by atoms with van der Waals surface area (Å²) in [5, 5.41) is 0. The topological polar surface area (TPSA) is 55.6 Å². The van der Waals surface area contributed by atoms with Crippen LogP contribution in [0.15, 0.2) is 0 Å². The zero-order chi connectivity index (χ0) is 11.8. The molecule has 1 fully saturated rings. The van der Waals surface area contributed by atoms with Crippen LogP contribution in [0, 0.1) is 5.92 Å². The summed E-state index contributed by atoms with van der Waals surface area (Å²) in [7, 11) is 0. The minimum absolute atomic E-state index is 0. The van der Waals surface area contributed by atoms with Crippen LogP contribution in [0.1, 0.15) is 32.6 Å². The molecular formula is C12H25ClN2O2. The van der Waals surface area contributed by atoms with Crippen LogP contribution in [0.3, 0.4) is 0 Å². The highest BCUT2D eigenvalue weighted by molar-refractivity contribution is 5.85. The van der Waals surface area contributed by atoms with Gasteiger partial charge < -0.3 is 15.4 Å². The van der Waals surface area contributed by atoms with Crippen molar-refractivity contribution >= 4 is 18.3 Å². The average molecular weight is 265 g/mol. The number of carbonyl (C=O) groups is 1. The molecule has 0 bridgehead atoms. The number of piperidine rings is 1. The van der Waals surface area contributed by atoms with E-state index in [2.05, 4.69) is 0 Å². The number of hydrogen-bond donors (Lipinski definition) is 1. The number of nitrogens with two attached hydrogens (primary N) is 1. The van der Waals surface area contributed by atoms with Crippen molar-refractivity contribution in [3.8, 4) is 0 Å². The van der Waals surface area contributed by atoms with Crippen LogP contribution in [0.2, 0.25) is 0 Å². The van der Waals surface area contributed by atoms with E-state index in [9.17, 15) is 4.79 Å². The van der Waals surface area contributed by atoms with E-state index in [1.165, 1.54) is 6.42 Å². The van der Waals surface area contributed by atoms with Crippen LogP contribution < -0.4 is 5.73 Å². The molecule has 102 valence electrons. The highest BCUT2D eigenvalue weighted by Gasteiger charge is 2.22. The third-order valence-corrected chi connectivity index (χ3v) is 3.02. The quantitative estimate of drug-likeness (QED) is 0.739. The second-order valence-corrected chi connectivity index (χ2v) is 4.48. The predicted octanol–water partition coefficient (Wildman–Crippen LogP) is 1.42. The fraction of sp³-hybridized carbons (Fsp3) is 0.917. The first kappa shape index (κ1) is 16.7. The van der Waals surface area contributed by atoms with Gasteiger partial charge in [0.05, 0.1) is 0 Å². The van der Waals surface area contributed by atoms with E-state index >= 15 is 0 Å². The van der Waals surface area contributed by atoms with Crippen LogP contribution >= 0.6 is 12.4 Å². The molecule has 1 heterocycles. The molecule has 4 nitrogen and oxygen atoms in total. The van der Waals surface area contributed by atoms with Crippen molar-refractivity contribution in [2.24, 2.45) is 11.7 Å². The van der Waals surface area contributed by atoms with E-state index in [1.54, 1.807) is 0 Å². The van der Waals surface area contributed by atoms with E-state index in [0.29, 0.717) is 12.5 Å². The number of amides is 1. The van der Waals surface area contributed by atoms with Crippen LogP contribution in [0.25, 0.3) is 0 Å². The summed E-state index contributed by atoms with van der Waals surface area (Å²) in [5.41, 5.74) is 5.55. The van der Waals surface area contributed by atoms with Crippen molar-refractivity contribution in [2.45, 2.75) is 32.6 Å². The lowest BCUT2D eigenvalue weighted by molar-refractivity contribution is -0.138. The van der Waals surface area contributed by atoms with E-state index in [1.807, 2.05) is 11.8 Å². The number of carbonyl (C=O) groups excluding carboxylic acids is 1. The van der Waals surface area contributed by atoms with Crippen LogP contribution in [0.5, 0.6) is 0 Å². The predicted molar refractivity (Wildman–Crippen MR) is 71.3 cm³/mol. The molecule has 1 atom stereocenters. The summed E-state index contributed by atoms with van der Waals surface area (Å²) in [6.45, 7) is 5.43. The summed E-state index contributed by atoms with van der Waals surface area (Å²) < 4.78 is 5.28. The molecule has 1 aliphatic heterocycles. The van der Waals surface area contributed by atoms with Crippen LogP contribution in [-0.4, -0.2) is 43.7 Å². The fourth-order valence-electron chi connectivity index (χ4n) is 2.16. The third-order valence-electron chi connectivity index (χ3n) is 3.02. The molecule has 0 spiro atoms. The summed E-state index contributed by atoms with van der Waals surface area (Å²) >= 11 is 0. The van der Waals surface area contributed by atoms with E-state index in [4.69, 9.17) is 10.5 Å². The van der Waals surface area contributed by atoms with Gasteiger partial charge in [0.1, 0.15) is 6.61 Å². The van der Waals surface area contributed by atoms with Gasteiger partial charge in [-0.05, 0) is 38.1 Å². The van der Waals surface area contributed by atoms with Crippen molar-refractivity contribution in [3.05, 3.63) is 0 Å². The van der Waals surface area contributed by atoms with Gasteiger partial charge in [-0.25, -0.2) is 0 Å². The smallest absolute Gasteiger partial charge is 0.248 e. The van der Waals surface area contributed by atoms with E-state index in [0.717, 1.165) is 38.9 Å². The van der Waals surface area contributed by atoms with Gasteiger partial charge in [0.2, 0.25) is 5.91 Å². The highest BCUT2D eigenvalue weighted by atomic mass is 35.5. The van der Waals surface area contributed by atoms with Gasteiger partial charge in [0.25, 0.3) is 0 Å². The zero-order valence-electron chi connectivity index (χ0n) is 10.7. The standard InChI is InChI=1S/C12H24N2O2.ClH/c1-2-8-16-10-12(15)14-7-3-4-11(9-14)5-6-13;/h11H,2-10,13H2,1H3;1H. The van der Waals surface area contributed by atoms with Crippen molar-refractivity contribution in [2.75, 3.05) is 32.8 Å². The van der Waals surface area contributed by atoms with Gasteiger partial charge in [0, 0.05) is 19.7 Å². The molecule has 0 aromatic carbocycles. The number of nitrogens with zero attached hydrogens (tertiary/aromatic N) is 1. The summed E-state index contributed by atoms with van der Waals surface area (Å²) in [6, 6.07) is 0. The molecule has 5 heteroatoms. The molecule has 0 aliphatic carbocycles. The summed E-state index contributed by atoms with van der Waals surface area (Å²) in [6.07, 6.45) is 4.30. The van der Waals surface area contributed by atoms with Crippen LogP contribution in [-0.2, 0) is 9.53 Å². The van der Waals surface area contributed by atoms with Crippen molar-refractivity contribution in [1.29, 1.82) is 0 Å². The van der Waals surface area contributed by atoms with Gasteiger partial charge in [-0.1, -0.05) is 6.92 Å². The molecular weight excluding hydrogens is 240 g/mol. The molecule has 1 amide bonds. The maximum atomic E-state index is 11.8. The minimum atomic E-state index is 0. The van der Waals surface area contributed by atoms with Gasteiger partial charge in [-0.2, -0.15) is 0 Å². The maximum Gasteiger partial charge on any atom is 0.248 e. The summed E-state index contributed by atoms with van der Waals surface area (Å²) in [4.78, 5) is 13.7. The lowest BCUT2D eigenvalue weighted by Gasteiger charge is -2.32. The first-order valence-corrected chi connectivity index (χ1v) is 6.33. The number of hydrogen-bond acceptors (Lipinski definition) is 3. The Bertz CT molecular complexity index is 213. The summed E-state index contributed by atoms with van der Waals surface area (Å²) in [5.74, 6) is 0.726. The minimum Gasteiger partial charge on any atom is -0.372 e. The number of likely N-dealkylation sites (tertiary alicyclic amines) is 1. The molecule has 0 aromatic heterocycles. The molecule has 1 saturated heterocycles. The molecule has 1 aliphatic rings. The highest BCUT2D eigenvalue weighted by Crippen LogP contribution is 2.18. The third kappa shape index (κ3) is 6.24. The Labute approximate surface area is 110 Å². The molecule has 0 saturated carbocycles. The van der Waals surface area contributed by atoms with Gasteiger partial charge in [-0.15, -0.1) is 12.4 Å². The Balaban J connectivity index is 0.00000256. The molecule has 0 aromatic rings. The largest absolute Gasteiger partial charge is 0.372 e. The molecule has 1 unspecified atom stereocenters. The average Bonchev–Trinajstić information content (AvgIpc) is 2.30. The number of halogens is 1. The normalized spacial score (nSPS) is 19.9. The monoisotopic (exact) mass is 264 g/mol. The van der Waals surface area contributed by atoms with Crippen molar-refractivity contribution < 1.29 is 9.53 Å². The Morgan fingerprint density at radius 2 is 2.29 bits per heavy atom. The van der Waals surface area contributed by atoms with Crippen molar-refractivity contribution in [1.82, 2.24) is 4.90 Å². The molecule has 2 N–H and O–H groups in total. The molecule has 17 heavy (non-hydrogen) atoms. The second kappa shape index (κ2) is 9.68. The maximum absolute atomic E-state index is 11.8. The van der Waals surface area contributed by atoms with E-state index in [-0.39, 0.29) is 24.9 Å². The van der Waals surface area contributed by atoms with E-state index < -0.39 is 0 Å². The fourth-order valence-corrected chi connectivity index (χ4v) is 2.16.